The molecule has 0 radical (unpaired) electrons. The second-order valence-corrected chi connectivity index (χ2v) is 6.71. The first-order chi connectivity index (χ1) is 8.25. The lowest BCUT2D eigenvalue weighted by Crippen LogP contribution is -2.39. The summed E-state index contributed by atoms with van der Waals surface area (Å²) in [6.07, 6.45) is 14.5. The summed E-state index contributed by atoms with van der Waals surface area (Å²) in [5.41, 5.74) is 0. The molecule has 0 amide bonds. The lowest BCUT2D eigenvalue weighted by molar-refractivity contribution is 0.309. The van der Waals surface area contributed by atoms with Crippen LogP contribution in [0, 0.1) is 11.8 Å². The van der Waals surface area contributed by atoms with Crippen molar-refractivity contribution in [2.24, 2.45) is 11.8 Å². The van der Waals surface area contributed by atoms with E-state index < -0.39 is 0 Å². The monoisotopic (exact) mass is 237 g/mol. The predicted molar refractivity (Wildman–Crippen MR) is 75.2 cm³/mol. The van der Waals surface area contributed by atoms with Crippen LogP contribution in [-0.4, -0.2) is 12.1 Å². The van der Waals surface area contributed by atoms with Crippen LogP contribution in [-0.2, 0) is 0 Å². The quantitative estimate of drug-likeness (QED) is 0.712. The average Bonchev–Trinajstić information content (AvgIpc) is 2.56. The summed E-state index contributed by atoms with van der Waals surface area (Å²) in [5, 5.41) is 3.96. The van der Waals surface area contributed by atoms with Crippen molar-refractivity contribution in [3.05, 3.63) is 0 Å². The van der Waals surface area contributed by atoms with Crippen molar-refractivity contribution in [2.75, 3.05) is 0 Å². The molecule has 0 aromatic heterocycles. The van der Waals surface area contributed by atoms with E-state index in [-0.39, 0.29) is 0 Å². The third-order valence-electron chi connectivity index (χ3n) is 5.03. The molecule has 0 heterocycles. The SMILES string of the molecule is CC(C)C1CCCC(NC2CCCCC2)CC1. The molecule has 100 valence electrons. The lowest BCUT2D eigenvalue weighted by atomic mass is 9.89. The highest BCUT2D eigenvalue weighted by Gasteiger charge is 2.23. The summed E-state index contributed by atoms with van der Waals surface area (Å²) < 4.78 is 0. The van der Waals surface area contributed by atoms with Crippen molar-refractivity contribution in [3.8, 4) is 0 Å². The summed E-state index contributed by atoms with van der Waals surface area (Å²) in [5.74, 6) is 1.89. The van der Waals surface area contributed by atoms with Crippen molar-refractivity contribution in [2.45, 2.75) is 90.1 Å². The fraction of sp³-hybridized carbons (Fsp3) is 1.00. The summed E-state index contributed by atoms with van der Waals surface area (Å²) >= 11 is 0. The van der Waals surface area contributed by atoms with Gasteiger partial charge in [0.15, 0.2) is 0 Å². The molecule has 2 atom stereocenters. The first kappa shape index (κ1) is 13.4. The smallest absolute Gasteiger partial charge is 0.00697 e. The van der Waals surface area contributed by atoms with E-state index in [2.05, 4.69) is 19.2 Å². The van der Waals surface area contributed by atoms with Crippen LogP contribution in [0.5, 0.6) is 0 Å². The van der Waals surface area contributed by atoms with Gasteiger partial charge in [0.2, 0.25) is 0 Å². The van der Waals surface area contributed by atoms with E-state index in [9.17, 15) is 0 Å². The van der Waals surface area contributed by atoms with Crippen LogP contribution in [0.2, 0.25) is 0 Å². The van der Waals surface area contributed by atoms with Gasteiger partial charge in [-0.25, -0.2) is 0 Å². The van der Waals surface area contributed by atoms with E-state index >= 15 is 0 Å². The second-order valence-electron chi connectivity index (χ2n) is 6.71. The zero-order valence-electron chi connectivity index (χ0n) is 11.9. The summed E-state index contributed by atoms with van der Waals surface area (Å²) in [6, 6.07) is 1.69. The predicted octanol–water partition coefficient (Wildman–Crippen LogP) is 4.51. The summed E-state index contributed by atoms with van der Waals surface area (Å²) in [6.45, 7) is 4.80. The fourth-order valence-electron chi connectivity index (χ4n) is 3.77. The Morgan fingerprint density at radius 3 is 2.06 bits per heavy atom. The maximum absolute atomic E-state index is 3.96. The van der Waals surface area contributed by atoms with Gasteiger partial charge in [-0.3, -0.25) is 0 Å². The van der Waals surface area contributed by atoms with E-state index in [0.717, 1.165) is 23.9 Å². The number of hydrogen-bond acceptors (Lipinski definition) is 1. The minimum absolute atomic E-state index is 0.835. The molecule has 2 aliphatic rings. The molecule has 1 N–H and O–H groups in total. The van der Waals surface area contributed by atoms with Gasteiger partial charge >= 0.3 is 0 Å². The van der Waals surface area contributed by atoms with Crippen molar-refractivity contribution in [1.29, 1.82) is 0 Å². The zero-order chi connectivity index (χ0) is 12.1. The third-order valence-corrected chi connectivity index (χ3v) is 5.03. The molecule has 0 aromatic rings. The maximum atomic E-state index is 3.96. The van der Waals surface area contributed by atoms with Crippen LogP contribution in [0.3, 0.4) is 0 Å². The molecule has 2 rings (SSSR count). The highest BCUT2D eigenvalue weighted by molar-refractivity contribution is 4.81. The largest absolute Gasteiger partial charge is 0.311 e. The van der Waals surface area contributed by atoms with Crippen LogP contribution < -0.4 is 5.32 Å². The van der Waals surface area contributed by atoms with Gasteiger partial charge in [-0.05, 0) is 43.9 Å². The van der Waals surface area contributed by atoms with Crippen LogP contribution in [0.1, 0.15) is 78.1 Å². The molecule has 0 aliphatic heterocycles. The van der Waals surface area contributed by atoms with Crippen LogP contribution in [0.25, 0.3) is 0 Å². The van der Waals surface area contributed by atoms with Crippen molar-refractivity contribution in [3.63, 3.8) is 0 Å². The van der Waals surface area contributed by atoms with Gasteiger partial charge in [0.25, 0.3) is 0 Å². The molecular formula is C16H31N. The molecule has 2 saturated carbocycles. The first-order valence-corrected chi connectivity index (χ1v) is 8.01. The Kier molecular flexibility index (Phi) is 5.34. The molecule has 1 nitrogen and oxygen atoms in total. The topological polar surface area (TPSA) is 12.0 Å². The number of hydrogen-bond donors (Lipinski definition) is 1. The standard InChI is InChI=1S/C16H31N/c1-13(2)14-7-6-10-16(12-11-14)17-15-8-4-3-5-9-15/h13-17H,3-12H2,1-2H3. The van der Waals surface area contributed by atoms with Crippen LogP contribution in [0.4, 0.5) is 0 Å². The molecule has 0 bridgehead atoms. The normalized spacial score (nSPS) is 32.6. The van der Waals surface area contributed by atoms with Gasteiger partial charge in [0, 0.05) is 12.1 Å². The molecule has 2 aliphatic carbocycles. The second kappa shape index (κ2) is 6.78. The molecule has 0 aromatic carbocycles. The Morgan fingerprint density at radius 2 is 1.35 bits per heavy atom. The number of rotatable bonds is 3. The number of nitrogens with one attached hydrogen (secondary N) is 1. The average molecular weight is 237 g/mol. The van der Waals surface area contributed by atoms with E-state index in [1.807, 2.05) is 0 Å². The first-order valence-electron chi connectivity index (χ1n) is 8.01. The Bertz CT molecular complexity index is 206. The van der Waals surface area contributed by atoms with Crippen molar-refractivity contribution in [1.82, 2.24) is 5.32 Å². The minimum atomic E-state index is 0.835. The third kappa shape index (κ3) is 4.28. The Morgan fingerprint density at radius 1 is 0.706 bits per heavy atom. The van der Waals surface area contributed by atoms with Gasteiger partial charge < -0.3 is 5.32 Å². The molecule has 1 heteroatoms. The Hall–Kier alpha value is -0.0400. The summed E-state index contributed by atoms with van der Waals surface area (Å²) in [7, 11) is 0. The van der Waals surface area contributed by atoms with Gasteiger partial charge in [-0.1, -0.05) is 46.0 Å². The van der Waals surface area contributed by atoms with E-state index in [4.69, 9.17) is 0 Å². The highest BCUT2D eigenvalue weighted by Crippen LogP contribution is 2.29. The van der Waals surface area contributed by atoms with E-state index in [1.54, 1.807) is 0 Å². The Balaban J connectivity index is 1.74. The van der Waals surface area contributed by atoms with Gasteiger partial charge in [-0.2, -0.15) is 0 Å². The van der Waals surface area contributed by atoms with Crippen LogP contribution in [0.15, 0.2) is 0 Å². The maximum Gasteiger partial charge on any atom is 0.00697 e. The fourth-order valence-corrected chi connectivity index (χ4v) is 3.77. The molecule has 0 saturated heterocycles. The molecular weight excluding hydrogens is 206 g/mol. The molecule has 2 fully saturated rings. The van der Waals surface area contributed by atoms with Crippen molar-refractivity contribution < 1.29 is 0 Å². The molecule has 17 heavy (non-hydrogen) atoms. The van der Waals surface area contributed by atoms with Gasteiger partial charge in [0.1, 0.15) is 0 Å². The minimum Gasteiger partial charge on any atom is -0.311 e. The van der Waals surface area contributed by atoms with Crippen molar-refractivity contribution >= 4 is 0 Å². The summed E-state index contributed by atoms with van der Waals surface area (Å²) in [4.78, 5) is 0. The van der Waals surface area contributed by atoms with E-state index in [1.165, 1.54) is 64.2 Å². The molecule has 0 spiro atoms. The zero-order valence-corrected chi connectivity index (χ0v) is 11.9. The highest BCUT2D eigenvalue weighted by atomic mass is 14.9. The van der Waals surface area contributed by atoms with Crippen LogP contribution >= 0.6 is 0 Å². The lowest BCUT2D eigenvalue weighted by Gasteiger charge is -2.28. The van der Waals surface area contributed by atoms with Gasteiger partial charge in [0.05, 0.1) is 0 Å². The Labute approximate surface area is 108 Å². The molecule has 2 unspecified atom stereocenters. The van der Waals surface area contributed by atoms with E-state index in [0.29, 0.717) is 0 Å². The van der Waals surface area contributed by atoms with Gasteiger partial charge in [-0.15, -0.1) is 0 Å².